The summed E-state index contributed by atoms with van der Waals surface area (Å²) in [5.74, 6) is 0. The van der Waals surface area contributed by atoms with Crippen LogP contribution in [-0.2, 0) is 4.74 Å². The number of ether oxygens (including phenoxy) is 1. The minimum absolute atomic E-state index is 0.413. The molecule has 3 nitrogen and oxygen atoms in total. The van der Waals surface area contributed by atoms with Crippen LogP contribution in [0.3, 0.4) is 0 Å². The van der Waals surface area contributed by atoms with Crippen molar-refractivity contribution in [1.29, 1.82) is 0 Å². The highest BCUT2D eigenvalue weighted by Gasteiger charge is 2.27. The zero-order valence-electron chi connectivity index (χ0n) is 11.3. The first-order valence-electron chi connectivity index (χ1n) is 6.68. The van der Waals surface area contributed by atoms with E-state index in [-0.39, 0.29) is 0 Å². The molecule has 0 aliphatic carbocycles. The van der Waals surface area contributed by atoms with Crippen LogP contribution in [0, 0.1) is 0 Å². The Morgan fingerprint density at radius 3 is 2.75 bits per heavy atom. The molecule has 3 heteroatoms. The molecule has 0 spiro atoms. The van der Waals surface area contributed by atoms with Crippen molar-refractivity contribution in [3.8, 4) is 0 Å². The second-order valence-electron chi connectivity index (χ2n) is 4.95. The number of hydrogen-bond acceptors (Lipinski definition) is 3. The summed E-state index contributed by atoms with van der Waals surface area (Å²) in [5, 5.41) is 3.36. The average molecular weight is 228 g/mol. The molecular formula is C13H28N2O. The summed E-state index contributed by atoms with van der Waals surface area (Å²) < 4.78 is 5.60. The molecule has 3 unspecified atom stereocenters. The van der Waals surface area contributed by atoms with E-state index in [0.29, 0.717) is 18.2 Å². The molecule has 0 amide bonds. The van der Waals surface area contributed by atoms with Gasteiger partial charge in [-0.05, 0) is 53.2 Å². The Bertz CT molecular complexity index is 183. The van der Waals surface area contributed by atoms with Crippen LogP contribution in [0.25, 0.3) is 0 Å². The van der Waals surface area contributed by atoms with Crippen molar-refractivity contribution in [2.75, 3.05) is 27.2 Å². The Balaban J connectivity index is 2.16. The summed E-state index contributed by atoms with van der Waals surface area (Å²) in [6.45, 7) is 6.56. The van der Waals surface area contributed by atoms with Gasteiger partial charge in [0.2, 0.25) is 0 Å². The van der Waals surface area contributed by atoms with E-state index in [1.54, 1.807) is 0 Å². The first-order valence-corrected chi connectivity index (χ1v) is 6.68. The molecule has 3 atom stereocenters. The van der Waals surface area contributed by atoms with E-state index in [1.165, 1.54) is 32.2 Å². The van der Waals surface area contributed by atoms with E-state index in [2.05, 4.69) is 38.2 Å². The standard InChI is InChI=1S/C13H28N2O/c1-5-12(14-3)7-6-9-15(4)13-8-10-16-11(13)2/h11-14H,5-10H2,1-4H3. The lowest BCUT2D eigenvalue weighted by Crippen LogP contribution is -2.37. The van der Waals surface area contributed by atoms with Crippen LogP contribution in [0.4, 0.5) is 0 Å². The summed E-state index contributed by atoms with van der Waals surface area (Å²) >= 11 is 0. The molecule has 1 aliphatic heterocycles. The fourth-order valence-corrected chi connectivity index (χ4v) is 2.60. The van der Waals surface area contributed by atoms with Gasteiger partial charge in [0.05, 0.1) is 6.10 Å². The van der Waals surface area contributed by atoms with Crippen molar-refractivity contribution >= 4 is 0 Å². The van der Waals surface area contributed by atoms with Gasteiger partial charge in [-0.2, -0.15) is 0 Å². The molecule has 1 aliphatic rings. The van der Waals surface area contributed by atoms with Crippen molar-refractivity contribution in [3.05, 3.63) is 0 Å². The molecule has 0 aromatic carbocycles. The Morgan fingerprint density at radius 2 is 2.25 bits per heavy atom. The minimum Gasteiger partial charge on any atom is -0.377 e. The summed E-state index contributed by atoms with van der Waals surface area (Å²) in [6, 6.07) is 1.32. The van der Waals surface area contributed by atoms with Gasteiger partial charge < -0.3 is 15.0 Å². The monoisotopic (exact) mass is 228 g/mol. The van der Waals surface area contributed by atoms with Crippen LogP contribution >= 0.6 is 0 Å². The van der Waals surface area contributed by atoms with Gasteiger partial charge in [-0.25, -0.2) is 0 Å². The van der Waals surface area contributed by atoms with E-state index in [0.717, 1.165) is 6.61 Å². The largest absolute Gasteiger partial charge is 0.377 e. The van der Waals surface area contributed by atoms with Gasteiger partial charge in [0.25, 0.3) is 0 Å². The maximum atomic E-state index is 5.60. The molecule has 0 radical (unpaired) electrons. The molecule has 0 aromatic rings. The van der Waals surface area contributed by atoms with Crippen molar-refractivity contribution in [1.82, 2.24) is 10.2 Å². The van der Waals surface area contributed by atoms with Crippen LogP contribution < -0.4 is 5.32 Å². The summed E-state index contributed by atoms with van der Waals surface area (Å²) in [4.78, 5) is 2.47. The van der Waals surface area contributed by atoms with Gasteiger partial charge in [0, 0.05) is 18.7 Å². The second kappa shape index (κ2) is 7.25. The fraction of sp³-hybridized carbons (Fsp3) is 1.00. The highest BCUT2D eigenvalue weighted by molar-refractivity contribution is 4.80. The summed E-state index contributed by atoms with van der Waals surface area (Å²) in [5.41, 5.74) is 0. The number of hydrogen-bond donors (Lipinski definition) is 1. The number of rotatable bonds is 7. The Morgan fingerprint density at radius 1 is 1.50 bits per heavy atom. The molecule has 1 saturated heterocycles. The van der Waals surface area contributed by atoms with Gasteiger partial charge in [-0.3, -0.25) is 0 Å². The summed E-state index contributed by atoms with van der Waals surface area (Å²) in [6.07, 6.45) is 5.39. The molecule has 1 fully saturated rings. The third kappa shape index (κ3) is 4.04. The van der Waals surface area contributed by atoms with Gasteiger partial charge in [-0.15, -0.1) is 0 Å². The first-order chi connectivity index (χ1) is 7.69. The third-order valence-electron chi connectivity index (χ3n) is 3.87. The lowest BCUT2D eigenvalue weighted by Gasteiger charge is -2.27. The van der Waals surface area contributed by atoms with Crippen molar-refractivity contribution in [2.45, 2.75) is 57.7 Å². The smallest absolute Gasteiger partial charge is 0.0702 e. The highest BCUT2D eigenvalue weighted by atomic mass is 16.5. The quantitative estimate of drug-likeness (QED) is 0.720. The van der Waals surface area contributed by atoms with Gasteiger partial charge in [-0.1, -0.05) is 6.92 Å². The zero-order valence-corrected chi connectivity index (χ0v) is 11.3. The first kappa shape index (κ1) is 13.9. The number of nitrogens with zero attached hydrogens (tertiary/aromatic N) is 1. The molecule has 0 aromatic heterocycles. The molecule has 0 saturated carbocycles. The lowest BCUT2D eigenvalue weighted by molar-refractivity contribution is 0.0829. The topological polar surface area (TPSA) is 24.5 Å². The molecular weight excluding hydrogens is 200 g/mol. The normalized spacial score (nSPS) is 27.6. The Hall–Kier alpha value is -0.120. The lowest BCUT2D eigenvalue weighted by atomic mass is 10.1. The van der Waals surface area contributed by atoms with Crippen LogP contribution in [-0.4, -0.2) is 50.3 Å². The third-order valence-corrected chi connectivity index (χ3v) is 3.87. The minimum atomic E-state index is 0.413. The van der Waals surface area contributed by atoms with Crippen molar-refractivity contribution in [2.24, 2.45) is 0 Å². The Labute approximate surface area is 101 Å². The maximum absolute atomic E-state index is 5.60. The van der Waals surface area contributed by atoms with E-state index in [1.807, 2.05) is 0 Å². The fourth-order valence-electron chi connectivity index (χ4n) is 2.60. The second-order valence-corrected chi connectivity index (χ2v) is 4.95. The van der Waals surface area contributed by atoms with Gasteiger partial charge >= 0.3 is 0 Å². The van der Waals surface area contributed by atoms with Crippen LogP contribution in [0.2, 0.25) is 0 Å². The average Bonchev–Trinajstić information content (AvgIpc) is 2.70. The van der Waals surface area contributed by atoms with E-state index < -0.39 is 0 Å². The van der Waals surface area contributed by atoms with E-state index in [4.69, 9.17) is 4.74 Å². The SMILES string of the molecule is CCC(CCCN(C)C1CCOC1C)NC. The van der Waals surface area contributed by atoms with Crippen LogP contribution in [0.15, 0.2) is 0 Å². The molecule has 1 rings (SSSR count). The predicted molar refractivity (Wildman–Crippen MR) is 68.8 cm³/mol. The molecule has 16 heavy (non-hydrogen) atoms. The molecule has 1 N–H and O–H groups in total. The predicted octanol–water partition coefficient (Wildman–Crippen LogP) is 1.87. The number of likely N-dealkylation sites (N-methyl/N-ethyl adjacent to an activating group) is 1. The van der Waals surface area contributed by atoms with Gasteiger partial charge in [0.1, 0.15) is 0 Å². The van der Waals surface area contributed by atoms with Crippen LogP contribution in [0.5, 0.6) is 0 Å². The van der Waals surface area contributed by atoms with E-state index in [9.17, 15) is 0 Å². The molecule has 96 valence electrons. The van der Waals surface area contributed by atoms with Crippen molar-refractivity contribution in [3.63, 3.8) is 0 Å². The zero-order chi connectivity index (χ0) is 12.0. The van der Waals surface area contributed by atoms with E-state index >= 15 is 0 Å². The Kier molecular flexibility index (Phi) is 6.32. The maximum Gasteiger partial charge on any atom is 0.0702 e. The summed E-state index contributed by atoms with van der Waals surface area (Å²) in [7, 11) is 4.29. The highest BCUT2D eigenvalue weighted by Crippen LogP contribution is 2.18. The number of nitrogens with one attached hydrogen (secondary N) is 1. The molecule has 1 heterocycles. The van der Waals surface area contributed by atoms with Gasteiger partial charge in [0.15, 0.2) is 0 Å². The molecule has 0 bridgehead atoms. The van der Waals surface area contributed by atoms with Crippen LogP contribution in [0.1, 0.15) is 39.5 Å². The van der Waals surface area contributed by atoms with Crippen molar-refractivity contribution < 1.29 is 4.74 Å².